The lowest BCUT2D eigenvalue weighted by Crippen LogP contribution is -2.39. The number of allylic oxidation sites excluding steroid dienone is 3. The molecule has 3 N–H and O–H groups in total. The summed E-state index contributed by atoms with van der Waals surface area (Å²) < 4.78 is 8.06. The zero-order valence-electron chi connectivity index (χ0n) is 29.0. The molecule has 51 heavy (non-hydrogen) atoms. The molecule has 1 aliphatic heterocycles. The molecule has 1 aromatic heterocycles. The first-order chi connectivity index (χ1) is 24.5. The molecule has 3 aromatic carbocycles. The number of aliphatic hydroxyl groups is 1. The second-order valence-corrected chi connectivity index (χ2v) is 14.7. The lowest BCUT2D eigenvalue weighted by molar-refractivity contribution is -0.132. The van der Waals surface area contributed by atoms with Crippen LogP contribution in [0, 0.1) is 5.41 Å². The van der Waals surface area contributed by atoms with E-state index in [0.717, 1.165) is 16.5 Å². The van der Waals surface area contributed by atoms with Crippen molar-refractivity contribution in [2.45, 2.75) is 65.0 Å². The van der Waals surface area contributed by atoms with Crippen LogP contribution in [0.2, 0.25) is 5.02 Å². The number of rotatable bonds is 8. The number of benzene rings is 3. The molecule has 262 valence electrons. The number of aromatic nitrogens is 1. The quantitative estimate of drug-likeness (QED) is 0.170. The second kappa shape index (κ2) is 13.8. The minimum absolute atomic E-state index is 0.0898. The minimum Gasteiger partial charge on any atom is -0.510 e. The molecule has 2 heterocycles. The van der Waals surface area contributed by atoms with Crippen molar-refractivity contribution >= 4 is 45.8 Å². The number of halogens is 1. The van der Waals surface area contributed by atoms with Crippen LogP contribution in [0.4, 0.5) is 5.69 Å². The Morgan fingerprint density at radius 2 is 1.84 bits per heavy atom. The normalized spacial score (nSPS) is 18.4. The van der Waals surface area contributed by atoms with E-state index in [1.807, 2.05) is 92.3 Å². The van der Waals surface area contributed by atoms with Gasteiger partial charge in [-0.1, -0.05) is 67.9 Å². The SMILES string of the molecule is Cn1ccc2cc(NC(=O)CCC(=O)N3C4=CCCC(O)=C4NC4=C(C(=O)CC(C)(C)C4)C3c3ccc(OCc4ccccc4)cc3Cl)ccc21. The Hall–Kier alpha value is -5.28. The number of amides is 2. The lowest BCUT2D eigenvalue weighted by atomic mass is 9.73. The Balaban J connectivity index is 1.23. The average molecular weight is 705 g/mol. The van der Waals surface area contributed by atoms with E-state index in [-0.39, 0.29) is 48.0 Å². The first-order valence-electron chi connectivity index (χ1n) is 17.3. The molecular weight excluding hydrogens is 664 g/mol. The van der Waals surface area contributed by atoms with Crippen LogP contribution in [-0.4, -0.2) is 32.2 Å². The van der Waals surface area contributed by atoms with E-state index in [4.69, 9.17) is 16.3 Å². The smallest absolute Gasteiger partial charge is 0.228 e. The first-order valence-corrected chi connectivity index (χ1v) is 17.6. The van der Waals surface area contributed by atoms with E-state index >= 15 is 0 Å². The van der Waals surface area contributed by atoms with Crippen LogP contribution < -0.4 is 15.4 Å². The van der Waals surface area contributed by atoms with Crippen LogP contribution in [0.25, 0.3) is 10.9 Å². The maximum atomic E-state index is 14.5. The van der Waals surface area contributed by atoms with Gasteiger partial charge in [0.15, 0.2) is 5.78 Å². The Morgan fingerprint density at radius 1 is 1.04 bits per heavy atom. The Labute approximate surface area is 302 Å². The number of Topliss-reactive ketones (excluding diaryl/α,β-unsaturated/α-hetero) is 1. The van der Waals surface area contributed by atoms with Crippen molar-refractivity contribution in [3.8, 4) is 5.75 Å². The summed E-state index contributed by atoms with van der Waals surface area (Å²) in [6.45, 7) is 4.41. The van der Waals surface area contributed by atoms with Crippen molar-refractivity contribution in [2.75, 3.05) is 5.32 Å². The summed E-state index contributed by atoms with van der Waals surface area (Å²) in [4.78, 5) is 43.5. The number of hydrogen-bond acceptors (Lipinski definition) is 6. The third-order valence-electron chi connectivity index (χ3n) is 9.77. The highest BCUT2D eigenvalue weighted by atomic mass is 35.5. The van der Waals surface area contributed by atoms with Gasteiger partial charge in [0.1, 0.15) is 23.8 Å². The number of ketones is 1. The molecule has 9 nitrogen and oxygen atoms in total. The zero-order chi connectivity index (χ0) is 35.9. The van der Waals surface area contributed by atoms with Crippen molar-refractivity contribution in [1.82, 2.24) is 14.8 Å². The van der Waals surface area contributed by atoms with Crippen LogP contribution >= 0.6 is 11.6 Å². The number of aryl methyl sites for hydroxylation is 1. The van der Waals surface area contributed by atoms with Gasteiger partial charge in [-0.3, -0.25) is 19.3 Å². The number of anilines is 1. The molecule has 0 bridgehead atoms. The van der Waals surface area contributed by atoms with Crippen molar-refractivity contribution in [3.05, 3.63) is 130 Å². The number of ether oxygens (including phenoxy) is 1. The number of aliphatic hydroxyl groups excluding tert-OH is 1. The molecule has 1 unspecified atom stereocenters. The van der Waals surface area contributed by atoms with Gasteiger partial charge in [0.2, 0.25) is 11.8 Å². The van der Waals surface area contributed by atoms with Crippen LogP contribution in [0.3, 0.4) is 0 Å². The molecule has 0 saturated carbocycles. The van der Waals surface area contributed by atoms with Crippen LogP contribution in [0.1, 0.15) is 69.5 Å². The molecule has 0 fully saturated rings. The van der Waals surface area contributed by atoms with Gasteiger partial charge < -0.3 is 25.0 Å². The van der Waals surface area contributed by atoms with Gasteiger partial charge in [-0.05, 0) is 65.8 Å². The fraction of sp³-hybridized carbons (Fsp3) is 0.293. The van der Waals surface area contributed by atoms with E-state index < -0.39 is 6.04 Å². The predicted octanol–water partition coefficient (Wildman–Crippen LogP) is 8.39. The van der Waals surface area contributed by atoms with E-state index in [1.165, 1.54) is 0 Å². The maximum Gasteiger partial charge on any atom is 0.228 e. The number of nitrogens with zero attached hydrogens (tertiary/aromatic N) is 2. The molecule has 0 saturated heterocycles. The summed E-state index contributed by atoms with van der Waals surface area (Å²) in [5.74, 6) is -0.139. The summed E-state index contributed by atoms with van der Waals surface area (Å²) in [5.41, 5.74) is 4.83. The van der Waals surface area contributed by atoms with Gasteiger partial charge in [-0.2, -0.15) is 0 Å². The topological polar surface area (TPSA) is 113 Å². The number of fused-ring (bicyclic) bond motifs is 2. The average Bonchev–Trinajstić information content (AvgIpc) is 3.38. The van der Waals surface area contributed by atoms with Gasteiger partial charge >= 0.3 is 0 Å². The largest absolute Gasteiger partial charge is 0.510 e. The highest BCUT2D eigenvalue weighted by Crippen LogP contribution is 2.49. The fourth-order valence-corrected chi connectivity index (χ4v) is 7.59. The molecule has 0 radical (unpaired) electrons. The highest BCUT2D eigenvalue weighted by molar-refractivity contribution is 6.31. The van der Waals surface area contributed by atoms with E-state index in [1.54, 1.807) is 23.1 Å². The monoisotopic (exact) mass is 704 g/mol. The molecule has 4 aromatic rings. The van der Waals surface area contributed by atoms with Crippen molar-refractivity contribution in [3.63, 3.8) is 0 Å². The first kappa shape index (κ1) is 34.2. The van der Waals surface area contributed by atoms with E-state index in [2.05, 4.69) is 10.6 Å². The molecule has 2 amide bonds. The third kappa shape index (κ3) is 7.03. The van der Waals surface area contributed by atoms with Gasteiger partial charge in [-0.15, -0.1) is 0 Å². The number of carbonyl (C=O) groups excluding carboxylic acids is 3. The zero-order valence-corrected chi connectivity index (χ0v) is 29.7. The molecule has 0 spiro atoms. The third-order valence-corrected chi connectivity index (χ3v) is 10.1. The molecule has 1 atom stereocenters. The number of nitrogens with one attached hydrogen (secondary N) is 2. The minimum atomic E-state index is -0.905. The standard InChI is InChI=1S/C41H41ClN4O5/c1-41(2)22-31-38(35(48)23-41)40(29-14-13-28(21-30(29)42)51-24-25-8-5-4-6-9-25)46(33-10-7-11-34(47)39(33)44-31)37(50)17-16-36(49)43-27-12-15-32-26(20-27)18-19-45(32)3/h4-6,8-10,12-15,18-21,40,44,47H,7,11,16-17,22-24H2,1-3H3,(H,43,49). The summed E-state index contributed by atoms with van der Waals surface area (Å²) in [7, 11) is 1.96. The van der Waals surface area contributed by atoms with Crippen LogP contribution in [0.5, 0.6) is 5.75 Å². The van der Waals surface area contributed by atoms with Gasteiger partial charge in [0.05, 0.1) is 11.7 Å². The molecule has 10 heteroatoms. The molecule has 2 aliphatic carbocycles. The van der Waals surface area contributed by atoms with Crippen molar-refractivity contribution in [2.24, 2.45) is 12.5 Å². The summed E-state index contributed by atoms with van der Waals surface area (Å²) >= 11 is 7.05. The Kier molecular flexibility index (Phi) is 9.25. The number of hydrogen-bond donors (Lipinski definition) is 3. The fourth-order valence-electron chi connectivity index (χ4n) is 7.32. The second-order valence-electron chi connectivity index (χ2n) is 14.3. The van der Waals surface area contributed by atoms with Gasteiger partial charge in [0, 0.05) is 71.8 Å². The van der Waals surface area contributed by atoms with Crippen molar-refractivity contribution in [1.29, 1.82) is 0 Å². The van der Waals surface area contributed by atoms with Crippen LogP contribution in [-0.2, 0) is 28.0 Å². The lowest BCUT2D eigenvalue weighted by Gasteiger charge is -2.37. The Bertz CT molecular complexity index is 2150. The van der Waals surface area contributed by atoms with Gasteiger partial charge in [0.25, 0.3) is 0 Å². The molecule has 7 rings (SSSR count). The Morgan fingerprint density at radius 3 is 2.63 bits per heavy atom. The van der Waals surface area contributed by atoms with Crippen LogP contribution in [0.15, 0.2) is 113 Å². The highest BCUT2D eigenvalue weighted by Gasteiger charge is 2.45. The van der Waals surface area contributed by atoms with Gasteiger partial charge in [-0.25, -0.2) is 0 Å². The summed E-state index contributed by atoms with van der Waals surface area (Å²) in [6.07, 6.45) is 5.32. The summed E-state index contributed by atoms with van der Waals surface area (Å²) in [6, 6.07) is 21.8. The molecular formula is C41H41ClN4O5. The van der Waals surface area contributed by atoms with E-state index in [9.17, 15) is 19.5 Å². The predicted molar refractivity (Wildman–Crippen MR) is 198 cm³/mol. The number of carbonyl (C=O) groups is 3. The maximum absolute atomic E-state index is 14.5. The van der Waals surface area contributed by atoms with E-state index in [0.29, 0.717) is 70.6 Å². The molecule has 3 aliphatic rings. The van der Waals surface area contributed by atoms with Crippen molar-refractivity contribution < 1.29 is 24.2 Å². The summed E-state index contributed by atoms with van der Waals surface area (Å²) in [5, 5.41) is 18.8.